The predicted molar refractivity (Wildman–Crippen MR) is 89.5 cm³/mol. The fraction of sp³-hybridized carbons (Fsp3) is 0.300. The average Bonchev–Trinajstić information content (AvgIpc) is 2.63. The van der Waals surface area contributed by atoms with E-state index >= 15 is 0 Å². The summed E-state index contributed by atoms with van der Waals surface area (Å²) in [5, 5.41) is 0. The highest BCUT2D eigenvalue weighted by molar-refractivity contribution is 5.60. The third-order valence-electron chi connectivity index (χ3n) is 4.24. The average molecular weight is 308 g/mol. The van der Waals surface area contributed by atoms with Crippen molar-refractivity contribution in [2.75, 3.05) is 6.61 Å². The van der Waals surface area contributed by atoms with Gasteiger partial charge in [0.25, 0.3) is 0 Å². The molecule has 2 unspecified atom stereocenters. The quantitative estimate of drug-likeness (QED) is 0.819. The molecule has 0 saturated carbocycles. The SMILES string of the molecule is C1=CC(c2ccc(OC3CCCCO3)cc2)Oc2ccccc21. The summed E-state index contributed by atoms with van der Waals surface area (Å²) in [6, 6.07) is 16.2. The lowest BCUT2D eigenvalue weighted by molar-refractivity contribution is -0.105. The Kier molecular flexibility index (Phi) is 4.03. The summed E-state index contributed by atoms with van der Waals surface area (Å²) in [4.78, 5) is 0. The third-order valence-corrected chi connectivity index (χ3v) is 4.24. The van der Waals surface area contributed by atoms with Crippen molar-refractivity contribution in [3.05, 3.63) is 65.7 Å². The van der Waals surface area contributed by atoms with Crippen LogP contribution < -0.4 is 9.47 Å². The molecule has 2 atom stereocenters. The number of ether oxygens (including phenoxy) is 3. The van der Waals surface area contributed by atoms with Gasteiger partial charge in [-0.3, -0.25) is 0 Å². The van der Waals surface area contributed by atoms with Crippen LogP contribution in [0.1, 0.15) is 36.5 Å². The molecule has 2 aliphatic rings. The van der Waals surface area contributed by atoms with Gasteiger partial charge in [-0.1, -0.05) is 36.4 Å². The van der Waals surface area contributed by atoms with Crippen molar-refractivity contribution < 1.29 is 14.2 Å². The van der Waals surface area contributed by atoms with Gasteiger partial charge in [0.15, 0.2) is 6.29 Å². The lowest BCUT2D eigenvalue weighted by atomic mass is 10.0. The van der Waals surface area contributed by atoms with Crippen molar-refractivity contribution >= 4 is 6.08 Å². The van der Waals surface area contributed by atoms with Crippen LogP contribution in [0.3, 0.4) is 0 Å². The molecule has 2 heterocycles. The first kappa shape index (κ1) is 14.3. The van der Waals surface area contributed by atoms with Gasteiger partial charge in [0.2, 0.25) is 0 Å². The van der Waals surface area contributed by atoms with E-state index in [1.165, 1.54) is 6.42 Å². The lowest BCUT2D eigenvalue weighted by Crippen LogP contribution is -2.24. The first-order valence-corrected chi connectivity index (χ1v) is 8.21. The van der Waals surface area contributed by atoms with E-state index in [1.807, 2.05) is 30.3 Å². The molecule has 2 aromatic carbocycles. The summed E-state index contributed by atoms with van der Waals surface area (Å²) < 4.78 is 17.5. The molecular formula is C20H20O3. The van der Waals surface area contributed by atoms with Crippen molar-refractivity contribution in [2.45, 2.75) is 31.7 Å². The zero-order valence-electron chi connectivity index (χ0n) is 13.0. The van der Waals surface area contributed by atoms with E-state index in [1.54, 1.807) is 0 Å². The fourth-order valence-electron chi connectivity index (χ4n) is 2.96. The zero-order chi connectivity index (χ0) is 15.5. The van der Waals surface area contributed by atoms with Gasteiger partial charge < -0.3 is 14.2 Å². The lowest BCUT2D eigenvalue weighted by Gasteiger charge is -2.24. The van der Waals surface area contributed by atoms with Crippen LogP contribution >= 0.6 is 0 Å². The first-order valence-electron chi connectivity index (χ1n) is 8.21. The summed E-state index contributed by atoms with van der Waals surface area (Å²) in [5.41, 5.74) is 2.24. The van der Waals surface area contributed by atoms with Gasteiger partial charge >= 0.3 is 0 Å². The van der Waals surface area contributed by atoms with Crippen LogP contribution in [0.2, 0.25) is 0 Å². The van der Waals surface area contributed by atoms with Crippen molar-refractivity contribution in [2.24, 2.45) is 0 Å². The highest BCUT2D eigenvalue weighted by Crippen LogP contribution is 2.33. The molecule has 0 aromatic heterocycles. The van der Waals surface area contributed by atoms with Crippen LogP contribution in [0.15, 0.2) is 54.6 Å². The molecule has 0 N–H and O–H groups in total. The van der Waals surface area contributed by atoms with E-state index in [2.05, 4.69) is 30.4 Å². The Morgan fingerprint density at radius 3 is 2.65 bits per heavy atom. The van der Waals surface area contributed by atoms with Crippen LogP contribution in [0, 0.1) is 0 Å². The van der Waals surface area contributed by atoms with Gasteiger partial charge in [-0.2, -0.15) is 0 Å². The summed E-state index contributed by atoms with van der Waals surface area (Å²) >= 11 is 0. The van der Waals surface area contributed by atoms with Gasteiger partial charge in [-0.25, -0.2) is 0 Å². The second-order valence-corrected chi connectivity index (χ2v) is 5.92. The summed E-state index contributed by atoms with van der Waals surface area (Å²) in [7, 11) is 0. The molecule has 2 aromatic rings. The van der Waals surface area contributed by atoms with Crippen LogP contribution in [-0.4, -0.2) is 12.9 Å². The van der Waals surface area contributed by atoms with E-state index in [9.17, 15) is 0 Å². The van der Waals surface area contributed by atoms with Gasteiger partial charge in [-0.05, 0) is 42.7 Å². The monoisotopic (exact) mass is 308 g/mol. The number of para-hydroxylation sites is 1. The standard InChI is InChI=1S/C20H20O3/c1-2-6-18-15(5-1)10-13-19(23-18)16-8-11-17(12-9-16)22-20-7-3-4-14-21-20/h1-2,5-6,8-13,19-20H,3-4,7,14H2. The normalized spacial score (nSPS) is 23.0. The maximum absolute atomic E-state index is 6.06. The van der Waals surface area contributed by atoms with Gasteiger partial charge in [0, 0.05) is 12.0 Å². The Labute approximate surface area is 136 Å². The summed E-state index contributed by atoms with van der Waals surface area (Å²) in [6.07, 6.45) is 7.31. The number of rotatable bonds is 3. The second kappa shape index (κ2) is 6.47. The molecule has 23 heavy (non-hydrogen) atoms. The van der Waals surface area contributed by atoms with E-state index < -0.39 is 0 Å². The smallest absolute Gasteiger partial charge is 0.199 e. The van der Waals surface area contributed by atoms with E-state index in [0.29, 0.717) is 0 Å². The topological polar surface area (TPSA) is 27.7 Å². The first-order chi connectivity index (χ1) is 11.4. The van der Waals surface area contributed by atoms with E-state index in [-0.39, 0.29) is 12.4 Å². The van der Waals surface area contributed by atoms with Gasteiger partial charge in [0.05, 0.1) is 6.61 Å². The molecule has 2 aliphatic heterocycles. The minimum Gasteiger partial charge on any atom is -0.481 e. The fourth-order valence-corrected chi connectivity index (χ4v) is 2.96. The maximum atomic E-state index is 6.06. The van der Waals surface area contributed by atoms with Crippen molar-refractivity contribution in [1.82, 2.24) is 0 Å². The molecule has 0 aliphatic carbocycles. The molecule has 0 amide bonds. The third kappa shape index (κ3) is 3.25. The minimum atomic E-state index is -0.104. The Morgan fingerprint density at radius 1 is 0.957 bits per heavy atom. The number of benzene rings is 2. The highest BCUT2D eigenvalue weighted by atomic mass is 16.7. The Bertz CT molecular complexity index is 684. The molecule has 3 heteroatoms. The van der Waals surface area contributed by atoms with Crippen LogP contribution in [0.5, 0.6) is 11.5 Å². The number of fused-ring (bicyclic) bond motifs is 1. The van der Waals surface area contributed by atoms with Crippen molar-refractivity contribution in [1.29, 1.82) is 0 Å². The van der Waals surface area contributed by atoms with Gasteiger partial charge in [-0.15, -0.1) is 0 Å². The molecule has 3 nitrogen and oxygen atoms in total. The molecule has 0 bridgehead atoms. The molecule has 4 rings (SSSR count). The predicted octanol–water partition coefficient (Wildman–Crippen LogP) is 4.74. The zero-order valence-corrected chi connectivity index (χ0v) is 13.0. The Morgan fingerprint density at radius 2 is 1.83 bits per heavy atom. The molecule has 1 fully saturated rings. The summed E-state index contributed by atoms with van der Waals surface area (Å²) in [5.74, 6) is 1.77. The number of hydrogen-bond donors (Lipinski definition) is 0. The largest absolute Gasteiger partial charge is 0.481 e. The van der Waals surface area contributed by atoms with Crippen LogP contribution in [-0.2, 0) is 4.74 Å². The molecule has 1 saturated heterocycles. The Balaban J connectivity index is 1.44. The Hall–Kier alpha value is -2.26. The van der Waals surface area contributed by atoms with Gasteiger partial charge in [0.1, 0.15) is 17.6 Å². The summed E-state index contributed by atoms with van der Waals surface area (Å²) in [6.45, 7) is 0.795. The minimum absolute atomic E-state index is 0.0510. The molecule has 118 valence electrons. The second-order valence-electron chi connectivity index (χ2n) is 5.92. The van der Waals surface area contributed by atoms with E-state index in [4.69, 9.17) is 14.2 Å². The van der Waals surface area contributed by atoms with Crippen molar-refractivity contribution in [3.8, 4) is 11.5 Å². The molecular weight excluding hydrogens is 288 g/mol. The highest BCUT2D eigenvalue weighted by Gasteiger charge is 2.18. The van der Waals surface area contributed by atoms with Crippen LogP contribution in [0.25, 0.3) is 6.08 Å². The molecule has 0 radical (unpaired) electrons. The van der Waals surface area contributed by atoms with E-state index in [0.717, 1.165) is 42.1 Å². The number of hydrogen-bond acceptors (Lipinski definition) is 3. The molecule has 0 spiro atoms. The van der Waals surface area contributed by atoms with Crippen molar-refractivity contribution in [3.63, 3.8) is 0 Å². The van der Waals surface area contributed by atoms with Crippen LogP contribution in [0.4, 0.5) is 0 Å². The maximum Gasteiger partial charge on any atom is 0.199 e.